The molecule has 1 aromatic heterocycles. The van der Waals surface area contributed by atoms with Crippen molar-refractivity contribution in [3.63, 3.8) is 0 Å². The monoisotopic (exact) mass is 595 g/mol. The molecule has 0 bridgehead atoms. The zero-order chi connectivity index (χ0) is 29.0. The molecular formula is C31H28ClF2N3O5. The Labute approximate surface area is 245 Å². The quantitative estimate of drug-likeness (QED) is 0.268. The lowest BCUT2D eigenvalue weighted by Gasteiger charge is -2.33. The summed E-state index contributed by atoms with van der Waals surface area (Å²) in [5.41, 5.74) is 1.60. The topological polar surface area (TPSA) is 86.0 Å². The van der Waals surface area contributed by atoms with Crippen LogP contribution in [0.1, 0.15) is 58.8 Å². The highest BCUT2D eigenvalue weighted by molar-refractivity contribution is 6.30. The normalized spacial score (nSPS) is 20.6. The summed E-state index contributed by atoms with van der Waals surface area (Å²) in [6, 6.07) is 13.0. The number of halogens is 3. The van der Waals surface area contributed by atoms with Crippen LogP contribution in [-0.4, -0.2) is 51.3 Å². The smallest absolute Gasteiger partial charge is 0.338 e. The lowest BCUT2D eigenvalue weighted by atomic mass is 9.88. The Morgan fingerprint density at radius 3 is 2.57 bits per heavy atom. The number of likely N-dealkylation sites (tertiary alicyclic amines) is 1. The van der Waals surface area contributed by atoms with Crippen molar-refractivity contribution in [1.29, 1.82) is 0 Å². The second-order valence-electron chi connectivity index (χ2n) is 11.0. The standard InChI is InChI=1S/C31H28ClF2N3O5/c32-18-4-5-21(23(33)14-18)31-41-25-3-1-2-20(29(25)42-31)17-8-11-36(12-9-17)16-26-35-24-7-6-22(30(38)39)27(34)28(24)37(26)15-19-10-13-40-19/h1-7,14,17,19,31H,8-13,15-16H2,(H,38,39)/t19-,31?/m0/s1. The lowest BCUT2D eigenvalue weighted by Crippen LogP contribution is -2.35. The van der Waals surface area contributed by atoms with Crippen LogP contribution in [0, 0.1) is 11.6 Å². The molecule has 0 amide bonds. The van der Waals surface area contributed by atoms with Gasteiger partial charge in [0.1, 0.15) is 17.2 Å². The number of para-hydroxylation sites is 1. The molecule has 0 spiro atoms. The fraction of sp³-hybridized carbons (Fsp3) is 0.355. The molecule has 2 fully saturated rings. The first-order chi connectivity index (χ1) is 20.4. The van der Waals surface area contributed by atoms with Crippen molar-refractivity contribution in [1.82, 2.24) is 14.5 Å². The molecule has 0 aliphatic carbocycles. The number of carboxylic acid groups (broad SMARTS) is 1. The van der Waals surface area contributed by atoms with Crippen molar-refractivity contribution in [2.24, 2.45) is 0 Å². The molecule has 218 valence electrons. The molecule has 11 heteroatoms. The minimum atomic E-state index is -1.31. The van der Waals surface area contributed by atoms with E-state index in [9.17, 15) is 14.3 Å². The van der Waals surface area contributed by atoms with Gasteiger partial charge in [-0.1, -0.05) is 23.7 Å². The molecule has 4 aromatic rings. The van der Waals surface area contributed by atoms with Crippen LogP contribution >= 0.6 is 11.6 Å². The van der Waals surface area contributed by atoms with Crippen molar-refractivity contribution in [3.8, 4) is 11.5 Å². The fourth-order valence-electron chi connectivity index (χ4n) is 6.09. The number of imidazole rings is 1. The predicted octanol–water partition coefficient (Wildman–Crippen LogP) is 6.30. The number of carboxylic acids is 1. The molecule has 2 saturated heterocycles. The van der Waals surface area contributed by atoms with Crippen LogP contribution < -0.4 is 9.47 Å². The Morgan fingerprint density at radius 1 is 1.05 bits per heavy atom. The first-order valence-electron chi connectivity index (χ1n) is 14.0. The fourth-order valence-corrected chi connectivity index (χ4v) is 6.24. The van der Waals surface area contributed by atoms with Crippen LogP contribution in [0.2, 0.25) is 5.02 Å². The third-order valence-corrected chi connectivity index (χ3v) is 8.65. The number of rotatable bonds is 7. The first-order valence-corrected chi connectivity index (χ1v) is 14.4. The number of nitrogens with zero attached hydrogens (tertiary/aromatic N) is 3. The van der Waals surface area contributed by atoms with E-state index in [1.54, 1.807) is 22.8 Å². The molecule has 8 nitrogen and oxygen atoms in total. The molecule has 1 N–H and O–H groups in total. The maximum atomic E-state index is 15.3. The second-order valence-corrected chi connectivity index (χ2v) is 11.4. The van der Waals surface area contributed by atoms with Gasteiger partial charge in [-0.2, -0.15) is 0 Å². The van der Waals surface area contributed by atoms with Crippen LogP contribution in [0.25, 0.3) is 11.0 Å². The van der Waals surface area contributed by atoms with Gasteiger partial charge < -0.3 is 23.9 Å². The summed E-state index contributed by atoms with van der Waals surface area (Å²) in [4.78, 5) is 18.6. The van der Waals surface area contributed by atoms with Crippen molar-refractivity contribution in [3.05, 3.63) is 87.7 Å². The molecule has 3 aliphatic rings. The average molecular weight is 596 g/mol. The van der Waals surface area contributed by atoms with Gasteiger partial charge in [0.05, 0.1) is 35.8 Å². The van der Waals surface area contributed by atoms with Crippen molar-refractivity contribution < 1.29 is 32.9 Å². The summed E-state index contributed by atoms with van der Waals surface area (Å²) in [6.45, 7) is 3.13. The average Bonchev–Trinajstić information content (AvgIpc) is 3.52. The van der Waals surface area contributed by atoms with Gasteiger partial charge in [-0.05, 0) is 74.7 Å². The zero-order valence-corrected chi connectivity index (χ0v) is 23.3. The lowest BCUT2D eigenvalue weighted by molar-refractivity contribution is -0.0592. The van der Waals surface area contributed by atoms with E-state index < -0.39 is 23.9 Å². The SMILES string of the molecule is O=C(O)c1ccc2nc(CN3CCC(c4cccc5c4OC(c4ccc(Cl)cc4F)O5)CC3)n(C[C@@H]3CCO3)c2c1F. The van der Waals surface area contributed by atoms with Crippen molar-refractivity contribution in [2.45, 2.75) is 50.7 Å². The second kappa shape index (κ2) is 10.8. The maximum Gasteiger partial charge on any atom is 0.338 e. The van der Waals surface area contributed by atoms with E-state index in [1.165, 1.54) is 12.1 Å². The highest BCUT2D eigenvalue weighted by atomic mass is 35.5. The van der Waals surface area contributed by atoms with Gasteiger partial charge in [0.15, 0.2) is 17.3 Å². The molecule has 1 unspecified atom stereocenters. The van der Waals surface area contributed by atoms with E-state index in [0.29, 0.717) is 53.1 Å². The highest BCUT2D eigenvalue weighted by Crippen LogP contribution is 2.47. The Hall–Kier alpha value is -3.73. The van der Waals surface area contributed by atoms with Crippen LogP contribution in [-0.2, 0) is 17.8 Å². The van der Waals surface area contributed by atoms with E-state index >= 15 is 4.39 Å². The van der Waals surface area contributed by atoms with Crippen LogP contribution in [0.3, 0.4) is 0 Å². The van der Waals surface area contributed by atoms with Gasteiger partial charge in [0.2, 0.25) is 0 Å². The molecule has 0 saturated carbocycles. The number of ether oxygens (including phenoxy) is 3. The summed E-state index contributed by atoms with van der Waals surface area (Å²) in [7, 11) is 0. The van der Waals surface area contributed by atoms with E-state index in [2.05, 4.69) is 4.90 Å². The summed E-state index contributed by atoms with van der Waals surface area (Å²) in [5.74, 6) is -0.432. The Morgan fingerprint density at radius 2 is 1.86 bits per heavy atom. The summed E-state index contributed by atoms with van der Waals surface area (Å²) >= 11 is 5.91. The molecule has 7 rings (SSSR count). The zero-order valence-electron chi connectivity index (χ0n) is 22.6. The van der Waals surface area contributed by atoms with Gasteiger partial charge in [0.25, 0.3) is 6.29 Å². The molecule has 4 heterocycles. The first kappa shape index (κ1) is 27.1. The molecule has 3 aromatic carbocycles. The molecular weight excluding hydrogens is 568 g/mol. The van der Waals surface area contributed by atoms with E-state index in [1.807, 2.05) is 18.2 Å². The number of aromatic carboxylic acids is 1. The van der Waals surface area contributed by atoms with Gasteiger partial charge in [-0.3, -0.25) is 4.90 Å². The minimum absolute atomic E-state index is 0.0488. The number of benzene rings is 3. The summed E-state index contributed by atoms with van der Waals surface area (Å²) in [6.07, 6.45) is 1.64. The maximum absolute atomic E-state index is 15.3. The number of fused-ring (bicyclic) bond motifs is 2. The summed E-state index contributed by atoms with van der Waals surface area (Å²) in [5, 5.41) is 9.76. The third-order valence-electron chi connectivity index (χ3n) is 8.41. The largest absolute Gasteiger partial charge is 0.478 e. The van der Waals surface area contributed by atoms with Crippen molar-refractivity contribution >= 4 is 28.6 Å². The number of hydrogen-bond donors (Lipinski definition) is 1. The van der Waals surface area contributed by atoms with Gasteiger partial charge in [-0.25, -0.2) is 18.6 Å². The Kier molecular flexibility index (Phi) is 7.00. The number of aromatic nitrogens is 2. The van der Waals surface area contributed by atoms with Crippen LogP contribution in [0.5, 0.6) is 11.5 Å². The van der Waals surface area contributed by atoms with E-state index in [-0.39, 0.29) is 23.1 Å². The van der Waals surface area contributed by atoms with E-state index in [0.717, 1.165) is 37.9 Å². The molecule has 42 heavy (non-hydrogen) atoms. The number of piperidine rings is 1. The number of carbonyl (C=O) groups is 1. The third kappa shape index (κ3) is 4.87. The Balaban J connectivity index is 1.08. The Bertz CT molecular complexity index is 1680. The van der Waals surface area contributed by atoms with Crippen LogP contribution in [0.15, 0.2) is 48.5 Å². The minimum Gasteiger partial charge on any atom is -0.478 e. The summed E-state index contributed by atoms with van der Waals surface area (Å²) < 4.78 is 49.4. The van der Waals surface area contributed by atoms with Gasteiger partial charge >= 0.3 is 5.97 Å². The highest BCUT2D eigenvalue weighted by Gasteiger charge is 2.34. The van der Waals surface area contributed by atoms with Crippen LogP contribution in [0.4, 0.5) is 8.78 Å². The molecule has 3 aliphatic heterocycles. The number of hydrogen-bond acceptors (Lipinski definition) is 6. The van der Waals surface area contributed by atoms with E-state index in [4.69, 9.17) is 30.8 Å². The van der Waals surface area contributed by atoms with Gasteiger partial charge in [0, 0.05) is 17.2 Å². The molecule has 2 atom stereocenters. The molecule has 0 radical (unpaired) electrons. The predicted molar refractivity (Wildman–Crippen MR) is 150 cm³/mol. The van der Waals surface area contributed by atoms with Crippen molar-refractivity contribution in [2.75, 3.05) is 19.7 Å². The van der Waals surface area contributed by atoms with Gasteiger partial charge in [-0.15, -0.1) is 0 Å².